The molecule has 0 bridgehead atoms. The highest BCUT2D eigenvalue weighted by Gasteiger charge is 2.14. The van der Waals surface area contributed by atoms with Crippen molar-refractivity contribution in [3.8, 4) is 78.9 Å². The van der Waals surface area contributed by atoms with E-state index in [1.165, 1.54) is 0 Å². The molecule has 0 aliphatic heterocycles. The normalized spacial score (nSPS) is 10.9. The Balaban J connectivity index is 1.20. The third-order valence-corrected chi connectivity index (χ3v) is 8.21. The Kier molecular flexibility index (Phi) is 7.83. The van der Waals surface area contributed by atoms with Crippen LogP contribution in [0.25, 0.3) is 78.9 Å². The highest BCUT2D eigenvalue weighted by atomic mass is 14.9. The maximum absolute atomic E-state index is 5.07. The van der Waals surface area contributed by atoms with Crippen LogP contribution in [0.15, 0.2) is 176 Å². The zero-order chi connectivity index (χ0) is 32.1. The van der Waals surface area contributed by atoms with Gasteiger partial charge in [0, 0.05) is 29.1 Å². The molecule has 0 amide bonds. The highest BCUT2D eigenvalue weighted by molar-refractivity contribution is 5.77. The van der Waals surface area contributed by atoms with E-state index < -0.39 is 0 Å². The molecule has 4 heterocycles. The first-order valence-electron chi connectivity index (χ1n) is 15.8. The van der Waals surface area contributed by atoms with Gasteiger partial charge in [-0.05, 0) is 70.8 Å². The second kappa shape index (κ2) is 13.0. The molecular weight excluding hydrogens is 587 g/mol. The molecule has 5 heteroatoms. The number of rotatable bonds is 7. The number of benzene rings is 4. The van der Waals surface area contributed by atoms with Gasteiger partial charge in [-0.1, -0.05) is 115 Å². The lowest BCUT2D eigenvalue weighted by atomic mass is 10.0. The SMILES string of the molecule is c1ccc(-c2cccc(-c3nc(-c4ccccc4)cc(-c4ccc(-c5cc(-c6ccccc6)cc(-c6ccccn6)n5)nc4)n3)c2)cc1. The number of nitrogens with zero attached hydrogens (tertiary/aromatic N) is 5. The lowest BCUT2D eigenvalue weighted by Crippen LogP contribution is -1.97. The molecule has 8 rings (SSSR count). The largest absolute Gasteiger partial charge is 0.255 e. The molecule has 0 unspecified atom stereocenters. The van der Waals surface area contributed by atoms with Gasteiger partial charge in [0.05, 0.1) is 34.2 Å². The van der Waals surface area contributed by atoms with Gasteiger partial charge in [-0.3, -0.25) is 9.97 Å². The van der Waals surface area contributed by atoms with Crippen LogP contribution in [0.2, 0.25) is 0 Å². The maximum atomic E-state index is 5.07. The summed E-state index contributed by atoms with van der Waals surface area (Å²) in [6, 6.07) is 55.4. The summed E-state index contributed by atoms with van der Waals surface area (Å²) in [5, 5.41) is 0. The van der Waals surface area contributed by atoms with E-state index in [9.17, 15) is 0 Å². The van der Waals surface area contributed by atoms with Gasteiger partial charge >= 0.3 is 0 Å². The number of hydrogen-bond donors (Lipinski definition) is 0. The summed E-state index contributed by atoms with van der Waals surface area (Å²) in [7, 11) is 0. The molecule has 0 atom stereocenters. The van der Waals surface area contributed by atoms with E-state index in [1.807, 2.05) is 79.0 Å². The zero-order valence-electron chi connectivity index (χ0n) is 26.0. The Morgan fingerprint density at radius 3 is 1.46 bits per heavy atom. The first kappa shape index (κ1) is 28.9. The highest BCUT2D eigenvalue weighted by Crippen LogP contribution is 2.32. The maximum Gasteiger partial charge on any atom is 0.160 e. The van der Waals surface area contributed by atoms with Crippen molar-refractivity contribution in [2.45, 2.75) is 0 Å². The molecule has 0 N–H and O–H groups in total. The molecule has 0 radical (unpaired) electrons. The molecule has 4 aromatic carbocycles. The summed E-state index contributed by atoms with van der Waals surface area (Å²) < 4.78 is 0. The smallest absolute Gasteiger partial charge is 0.160 e. The van der Waals surface area contributed by atoms with E-state index in [0.29, 0.717) is 5.82 Å². The second-order valence-corrected chi connectivity index (χ2v) is 11.4. The van der Waals surface area contributed by atoms with Gasteiger partial charge in [-0.2, -0.15) is 0 Å². The van der Waals surface area contributed by atoms with Crippen molar-refractivity contribution in [2.24, 2.45) is 0 Å². The van der Waals surface area contributed by atoms with Gasteiger partial charge < -0.3 is 0 Å². The summed E-state index contributed by atoms with van der Waals surface area (Å²) in [5.74, 6) is 0.658. The van der Waals surface area contributed by atoms with Crippen molar-refractivity contribution in [1.82, 2.24) is 24.9 Å². The van der Waals surface area contributed by atoms with Crippen LogP contribution in [0.4, 0.5) is 0 Å². The molecule has 4 aromatic heterocycles. The fraction of sp³-hybridized carbons (Fsp3) is 0. The lowest BCUT2D eigenvalue weighted by Gasteiger charge is -2.11. The Labute approximate surface area is 279 Å². The van der Waals surface area contributed by atoms with Gasteiger partial charge in [0.25, 0.3) is 0 Å². The standard InChI is InChI=1S/C43H29N5/c1-4-13-30(14-5-1)33-19-12-20-34(25-33)43-47-39(32-17-8-3-9-18-32)28-40(48-43)35-22-23-38(45-29-35)42-27-36(31-15-6-2-7-16-31)26-41(46-42)37-21-10-11-24-44-37/h1-29H. The third-order valence-electron chi connectivity index (χ3n) is 8.21. The molecule has 0 spiro atoms. The van der Waals surface area contributed by atoms with Crippen molar-refractivity contribution in [2.75, 3.05) is 0 Å². The molecule has 0 saturated heterocycles. The predicted octanol–water partition coefficient (Wildman–Crippen LogP) is 10.3. The minimum atomic E-state index is 0.658. The van der Waals surface area contributed by atoms with Gasteiger partial charge in [0.15, 0.2) is 5.82 Å². The van der Waals surface area contributed by atoms with Crippen LogP contribution in [-0.4, -0.2) is 24.9 Å². The molecule has 0 fully saturated rings. The molecule has 5 nitrogen and oxygen atoms in total. The van der Waals surface area contributed by atoms with Gasteiger partial charge in [-0.25, -0.2) is 15.0 Å². The van der Waals surface area contributed by atoms with E-state index in [0.717, 1.165) is 73.1 Å². The molecular formula is C43H29N5. The monoisotopic (exact) mass is 615 g/mol. The molecule has 0 saturated carbocycles. The Hall–Kier alpha value is -6.59. The summed E-state index contributed by atoms with van der Waals surface area (Å²) in [4.78, 5) is 24.6. The van der Waals surface area contributed by atoms with Crippen LogP contribution in [0.3, 0.4) is 0 Å². The van der Waals surface area contributed by atoms with Gasteiger partial charge in [0.1, 0.15) is 0 Å². The van der Waals surface area contributed by atoms with E-state index in [-0.39, 0.29) is 0 Å². The average Bonchev–Trinajstić information content (AvgIpc) is 3.19. The van der Waals surface area contributed by atoms with Crippen LogP contribution in [-0.2, 0) is 0 Å². The van der Waals surface area contributed by atoms with E-state index >= 15 is 0 Å². The number of aromatic nitrogens is 5. The van der Waals surface area contributed by atoms with Crippen molar-refractivity contribution in [3.63, 3.8) is 0 Å². The lowest BCUT2D eigenvalue weighted by molar-refractivity contribution is 1.17. The quantitative estimate of drug-likeness (QED) is 0.178. The minimum absolute atomic E-state index is 0.658. The fourth-order valence-electron chi connectivity index (χ4n) is 5.75. The molecule has 48 heavy (non-hydrogen) atoms. The summed E-state index contributed by atoms with van der Waals surface area (Å²) in [5.41, 5.74) is 12.1. The molecule has 0 aliphatic rings. The van der Waals surface area contributed by atoms with Crippen LogP contribution in [0.5, 0.6) is 0 Å². The van der Waals surface area contributed by atoms with Crippen molar-refractivity contribution < 1.29 is 0 Å². The van der Waals surface area contributed by atoms with E-state index in [2.05, 4.69) is 96.0 Å². The third kappa shape index (κ3) is 6.13. The topological polar surface area (TPSA) is 64.5 Å². The van der Waals surface area contributed by atoms with Crippen LogP contribution in [0, 0.1) is 0 Å². The zero-order valence-corrected chi connectivity index (χ0v) is 26.0. The molecule has 8 aromatic rings. The molecule has 226 valence electrons. The first-order valence-corrected chi connectivity index (χ1v) is 15.8. The molecule has 0 aliphatic carbocycles. The Morgan fingerprint density at radius 1 is 0.271 bits per heavy atom. The average molecular weight is 616 g/mol. The second-order valence-electron chi connectivity index (χ2n) is 11.4. The first-order chi connectivity index (χ1) is 23.8. The number of hydrogen-bond acceptors (Lipinski definition) is 5. The summed E-state index contributed by atoms with van der Waals surface area (Å²) in [6.45, 7) is 0. The Bertz CT molecular complexity index is 2250. The van der Waals surface area contributed by atoms with Crippen LogP contribution < -0.4 is 0 Å². The summed E-state index contributed by atoms with van der Waals surface area (Å²) in [6.07, 6.45) is 3.66. The fourth-order valence-corrected chi connectivity index (χ4v) is 5.75. The van der Waals surface area contributed by atoms with Crippen molar-refractivity contribution in [1.29, 1.82) is 0 Å². The minimum Gasteiger partial charge on any atom is -0.255 e. The van der Waals surface area contributed by atoms with E-state index in [4.69, 9.17) is 19.9 Å². The Morgan fingerprint density at radius 2 is 0.833 bits per heavy atom. The van der Waals surface area contributed by atoms with Gasteiger partial charge in [-0.15, -0.1) is 0 Å². The van der Waals surface area contributed by atoms with E-state index in [1.54, 1.807) is 6.20 Å². The van der Waals surface area contributed by atoms with Crippen LogP contribution >= 0.6 is 0 Å². The predicted molar refractivity (Wildman–Crippen MR) is 193 cm³/mol. The number of pyridine rings is 3. The van der Waals surface area contributed by atoms with Crippen molar-refractivity contribution in [3.05, 3.63) is 176 Å². The van der Waals surface area contributed by atoms with Gasteiger partial charge in [0.2, 0.25) is 0 Å². The van der Waals surface area contributed by atoms with Crippen LogP contribution in [0.1, 0.15) is 0 Å². The van der Waals surface area contributed by atoms with Crippen molar-refractivity contribution >= 4 is 0 Å². The summed E-state index contributed by atoms with van der Waals surface area (Å²) >= 11 is 0.